The third-order valence-electron chi connectivity index (χ3n) is 5.53. The van der Waals surface area contributed by atoms with Crippen LogP contribution in [0.25, 0.3) is 22.0 Å². The molecule has 0 aliphatic carbocycles. The molecule has 2 aromatic heterocycles. The molecule has 1 atom stereocenters. The number of benzene rings is 2. The van der Waals surface area contributed by atoms with Crippen LogP contribution < -0.4 is 10.9 Å². The molecule has 2 aromatic carbocycles. The molecule has 0 radical (unpaired) electrons. The minimum absolute atomic E-state index is 0.166. The van der Waals surface area contributed by atoms with E-state index in [-0.39, 0.29) is 17.2 Å². The van der Waals surface area contributed by atoms with Gasteiger partial charge in [0.05, 0.1) is 17.5 Å². The van der Waals surface area contributed by atoms with Gasteiger partial charge in [-0.3, -0.25) is 9.78 Å². The molecule has 7 heteroatoms. The number of carbonyl (C=O) groups is 1. The molecule has 6 nitrogen and oxygen atoms in total. The van der Waals surface area contributed by atoms with Crippen molar-refractivity contribution in [3.8, 4) is 11.3 Å². The predicted molar refractivity (Wildman–Crippen MR) is 123 cm³/mol. The van der Waals surface area contributed by atoms with Crippen LogP contribution in [0.15, 0.2) is 65.7 Å². The number of anilines is 1. The minimum atomic E-state index is -1.02. The SMILES string of the molecule is Cc1cc(C(C)Nc2ccccc2C(=O)O)c2cc(-c3cncc(F)c3)n(C)c(=O)c2c1. The second kappa shape index (κ2) is 8.26. The maximum Gasteiger partial charge on any atom is 0.337 e. The Kier molecular flexibility index (Phi) is 5.48. The van der Waals surface area contributed by atoms with Gasteiger partial charge in [-0.1, -0.05) is 18.2 Å². The molecule has 0 spiro atoms. The predicted octanol–water partition coefficient (Wildman–Crippen LogP) is 4.92. The van der Waals surface area contributed by atoms with Crippen LogP contribution >= 0.6 is 0 Å². The Morgan fingerprint density at radius 1 is 1.12 bits per heavy atom. The van der Waals surface area contributed by atoms with E-state index in [1.54, 1.807) is 25.2 Å². The summed E-state index contributed by atoms with van der Waals surface area (Å²) < 4.78 is 15.3. The Balaban J connectivity index is 1.90. The number of nitrogens with one attached hydrogen (secondary N) is 1. The lowest BCUT2D eigenvalue weighted by molar-refractivity contribution is 0.0698. The van der Waals surface area contributed by atoms with Gasteiger partial charge in [0.25, 0.3) is 5.56 Å². The van der Waals surface area contributed by atoms with Crippen LogP contribution in [0.1, 0.15) is 34.5 Å². The molecule has 0 saturated carbocycles. The van der Waals surface area contributed by atoms with E-state index in [1.165, 1.54) is 22.9 Å². The van der Waals surface area contributed by atoms with Crippen LogP contribution in [0.3, 0.4) is 0 Å². The third kappa shape index (κ3) is 3.85. The van der Waals surface area contributed by atoms with Crippen molar-refractivity contribution in [3.63, 3.8) is 0 Å². The van der Waals surface area contributed by atoms with E-state index in [2.05, 4.69) is 10.3 Å². The van der Waals surface area contributed by atoms with Crippen molar-refractivity contribution in [3.05, 3.63) is 93.8 Å². The van der Waals surface area contributed by atoms with Crippen molar-refractivity contribution in [2.45, 2.75) is 19.9 Å². The number of aromatic nitrogens is 2. The Morgan fingerprint density at radius 3 is 2.59 bits per heavy atom. The summed E-state index contributed by atoms with van der Waals surface area (Å²) in [4.78, 5) is 28.7. The topological polar surface area (TPSA) is 84.2 Å². The number of hydrogen-bond acceptors (Lipinski definition) is 4. The Bertz CT molecular complexity index is 1410. The van der Waals surface area contributed by atoms with Crippen LogP contribution in [0.2, 0.25) is 0 Å². The molecule has 0 amide bonds. The van der Waals surface area contributed by atoms with Gasteiger partial charge in [0, 0.05) is 35.9 Å². The Hall–Kier alpha value is -4.00. The van der Waals surface area contributed by atoms with Gasteiger partial charge in [-0.2, -0.15) is 0 Å². The van der Waals surface area contributed by atoms with Crippen molar-refractivity contribution >= 4 is 22.4 Å². The van der Waals surface area contributed by atoms with E-state index in [4.69, 9.17) is 0 Å². The molecule has 4 rings (SSSR count). The van der Waals surface area contributed by atoms with Crippen molar-refractivity contribution in [2.75, 3.05) is 5.32 Å². The second-order valence-corrected chi connectivity index (χ2v) is 7.82. The first-order chi connectivity index (χ1) is 15.3. The number of nitrogens with zero attached hydrogens (tertiary/aromatic N) is 2. The molecule has 2 N–H and O–H groups in total. The lowest BCUT2D eigenvalue weighted by Gasteiger charge is -2.21. The highest BCUT2D eigenvalue weighted by Gasteiger charge is 2.18. The van der Waals surface area contributed by atoms with Gasteiger partial charge in [0.1, 0.15) is 5.82 Å². The van der Waals surface area contributed by atoms with Gasteiger partial charge >= 0.3 is 5.97 Å². The zero-order valence-electron chi connectivity index (χ0n) is 17.9. The molecule has 0 bridgehead atoms. The number of halogens is 1. The molecular weight excluding hydrogens is 409 g/mol. The van der Waals surface area contributed by atoms with Crippen molar-refractivity contribution in [2.24, 2.45) is 7.05 Å². The zero-order chi connectivity index (χ0) is 23.0. The van der Waals surface area contributed by atoms with E-state index in [1.807, 2.05) is 32.0 Å². The number of para-hydroxylation sites is 1. The molecule has 4 aromatic rings. The number of aromatic carboxylic acids is 1. The maximum absolute atomic E-state index is 13.8. The van der Waals surface area contributed by atoms with Crippen molar-refractivity contribution in [1.82, 2.24) is 9.55 Å². The standard InChI is InChI=1S/C25H22FN3O3/c1-14-8-19(15(2)28-22-7-5-4-6-18(22)25(31)32)20-11-23(16-10-17(26)13-27-12-16)29(3)24(30)21(20)9-14/h4-13,15,28H,1-3H3,(H,31,32). The highest BCUT2D eigenvalue weighted by molar-refractivity contribution is 5.94. The third-order valence-corrected chi connectivity index (χ3v) is 5.53. The summed E-state index contributed by atoms with van der Waals surface area (Å²) >= 11 is 0. The van der Waals surface area contributed by atoms with Gasteiger partial charge in [0.2, 0.25) is 0 Å². The highest BCUT2D eigenvalue weighted by atomic mass is 19.1. The van der Waals surface area contributed by atoms with Crippen LogP contribution in [0.4, 0.5) is 10.1 Å². The number of carboxylic acids is 1. The van der Waals surface area contributed by atoms with Crippen LogP contribution in [0.5, 0.6) is 0 Å². The van der Waals surface area contributed by atoms with E-state index < -0.39 is 11.8 Å². The van der Waals surface area contributed by atoms with Gasteiger partial charge in [-0.05, 0) is 60.7 Å². The fourth-order valence-electron chi connectivity index (χ4n) is 3.98. The smallest absolute Gasteiger partial charge is 0.337 e. The first kappa shape index (κ1) is 21.2. The van der Waals surface area contributed by atoms with E-state index in [9.17, 15) is 19.1 Å². The molecule has 0 aliphatic rings. The van der Waals surface area contributed by atoms with Gasteiger partial charge in [-0.25, -0.2) is 9.18 Å². The number of rotatable bonds is 5. The molecule has 0 saturated heterocycles. The van der Waals surface area contributed by atoms with E-state index in [0.717, 1.165) is 17.3 Å². The Labute approximate surface area is 184 Å². The summed E-state index contributed by atoms with van der Waals surface area (Å²) in [5.41, 5.74) is 3.23. The first-order valence-electron chi connectivity index (χ1n) is 10.1. The van der Waals surface area contributed by atoms with E-state index in [0.29, 0.717) is 27.7 Å². The number of aryl methyl sites for hydroxylation is 1. The quantitative estimate of drug-likeness (QED) is 0.469. The number of carboxylic acid groups (broad SMARTS) is 1. The molecular formula is C25H22FN3O3. The lowest BCUT2D eigenvalue weighted by Crippen LogP contribution is -2.20. The molecule has 2 heterocycles. The van der Waals surface area contributed by atoms with Crippen LogP contribution in [0, 0.1) is 12.7 Å². The van der Waals surface area contributed by atoms with Crippen molar-refractivity contribution in [1.29, 1.82) is 0 Å². The van der Waals surface area contributed by atoms with E-state index >= 15 is 0 Å². The summed E-state index contributed by atoms with van der Waals surface area (Å²) in [7, 11) is 1.65. The molecule has 0 fully saturated rings. The lowest BCUT2D eigenvalue weighted by atomic mass is 9.96. The molecule has 162 valence electrons. The summed E-state index contributed by atoms with van der Waals surface area (Å²) in [6.07, 6.45) is 2.63. The number of pyridine rings is 2. The summed E-state index contributed by atoms with van der Waals surface area (Å²) in [6, 6.07) is 13.4. The largest absolute Gasteiger partial charge is 0.478 e. The van der Waals surface area contributed by atoms with Gasteiger partial charge in [0.15, 0.2) is 0 Å². The monoisotopic (exact) mass is 431 g/mol. The summed E-state index contributed by atoms with van der Waals surface area (Å²) in [6.45, 7) is 3.82. The maximum atomic E-state index is 13.8. The van der Waals surface area contributed by atoms with Crippen molar-refractivity contribution < 1.29 is 14.3 Å². The second-order valence-electron chi connectivity index (χ2n) is 7.82. The average molecular weight is 431 g/mol. The fraction of sp³-hybridized carbons (Fsp3) is 0.160. The summed E-state index contributed by atoms with van der Waals surface area (Å²) in [5, 5.41) is 14.0. The van der Waals surface area contributed by atoms with Crippen LogP contribution in [-0.2, 0) is 7.05 Å². The summed E-state index contributed by atoms with van der Waals surface area (Å²) in [5.74, 6) is -1.51. The molecule has 0 aliphatic heterocycles. The fourth-order valence-corrected chi connectivity index (χ4v) is 3.98. The molecule has 32 heavy (non-hydrogen) atoms. The van der Waals surface area contributed by atoms with Gasteiger partial charge < -0.3 is 15.0 Å². The Morgan fingerprint density at radius 2 is 1.88 bits per heavy atom. The average Bonchev–Trinajstić information content (AvgIpc) is 2.76. The van der Waals surface area contributed by atoms with Crippen LogP contribution in [-0.4, -0.2) is 20.6 Å². The van der Waals surface area contributed by atoms with Gasteiger partial charge in [-0.15, -0.1) is 0 Å². The highest BCUT2D eigenvalue weighted by Crippen LogP contribution is 2.31. The zero-order valence-corrected chi connectivity index (χ0v) is 17.9. The minimum Gasteiger partial charge on any atom is -0.478 e. The number of fused-ring (bicyclic) bond motifs is 1. The molecule has 1 unspecified atom stereocenters. The first-order valence-corrected chi connectivity index (χ1v) is 10.1. The number of hydrogen-bond donors (Lipinski definition) is 2. The normalized spacial score (nSPS) is 12.0.